The predicted molar refractivity (Wildman–Crippen MR) is 65.9 cm³/mol. The molecule has 2 rings (SSSR count). The van der Waals surface area contributed by atoms with E-state index in [2.05, 4.69) is 10.0 Å². The van der Waals surface area contributed by atoms with Crippen LogP contribution >= 0.6 is 0 Å². The van der Waals surface area contributed by atoms with E-state index in [1.54, 1.807) is 0 Å². The SMILES string of the molecule is [N-]=[N+]=NCC1CC(=O)N(c2cc(C(F)(F)F)ccc2F)C1. The van der Waals surface area contributed by atoms with E-state index in [-0.39, 0.29) is 25.4 Å². The third-order valence-corrected chi connectivity index (χ3v) is 3.17. The minimum atomic E-state index is -4.62. The van der Waals surface area contributed by atoms with Crippen LogP contribution in [-0.4, -0.2) is 19.0 Å². The second-order valence-electron chi connectivity index (χ2n) is 4.65. The monoisotopic (exact) mass is 302 g/mol. The van der Waals surface area contributed by atoms with Crippen molar-refractivity contribution < 1.29 is 22.4 Å². The Morgan fingerprint density at radius 1 is 1.43 bits per heavy atom. The molecule has 1 aromatic carbocycles. The molecule has 112 valence electrons. The van der Waals surface area contributed by atoms with Crippen LogP contribution in [0.4, 0.5) is 23.2 Å². The lowest BCUT2D eigenvalue weighted by molar-refractivity contribution is -0.137. The Labute approximate surface area is 116 Å². The number of halogens is 4. The Balaban J connectivity index is 2.29. The molecule has 1 fully saturated rings. The molecule has 0 N–H and O–H groups in total. The zero-order chi connectivity index (χ0) is 15.6. The van der Waals surface area contributed by atoms with Crippen molar-refractivity contribution >= 4 is 11.6 Å². The molecule has 21 heavy (non-hydrogen) atoms. The summed E-state index contributed by atoms with van der Waals surface area (Å²) in [5.74, 6) is -1.73. The van der Waals surface area contributed by atoms with Gasteiger partial charge in [0, 0.05) is 24.4 Å². The summed E-state index contributed by atoms with van der Waals surface area (Å²) in [6.07, 6.45) is -4.61. The summed E-state index contributed by atoms with van der Waals surface area (Å²) in [5, 5.41) is 3.32. The van der Waals surface area contributed by atoms with Crippen LogP contribution in [-0.2, 0) is 11.0 Å². The number of rotatable bonds is 3. The molecule has 1 aromatic rings. The number of hydrogen-bond donors (Lipinski definition) is 0. The standard InChI is InChI=1S/C12H10F4N4O/c13-9-2-1-8(12(14,15)16)4-10(9)20-6-7(3-11(20)21)5-18-19-17/h1-2,4,7H,3,5-6H2. The first-order valence-electron chi connectivity index (χ1n) is 6.01. The van der Waals surface area contributed by atoms with Crippen LogP contribution in [0.1, 0.15) is 12.0 Å². The van der Waals surface area contributed by atoms with E-state index >= 15 is 0 Å². The van der Waals surface area contributed by atoms with Crippen molar-refractivity contribution in [2.45, 2.75) is 12.6 Å². The van der Waals surface area contributed by atoms with Gasteiger partial charge in [-0.1, -0.05) is 5.11 Å². The lowest BCUT2D eigenvalue weighted by Gasteiger charge is -2.19. The van der Waals surface area contributed by atoms with E-state index in [9.17, 15) is 22.4 Å². The van der Waals surface area contributed by atoms with E-state index in [1.165, 1.54) is 0 Å². The van der Waals surface area contributed by atoms with Gasteiger partial charge in [-0.15, -0.1) is 0 Å². The zero-order valence-corrected chi connectivity index (χ0v) is 10.6. The van der Waals surface area contributed by atoms with Crippen molar-refractivity contribution in [2.75, 3.05) is 18.0 Å². The van der Waals surface area contributed by atoms with Gasteiger partial charge in [0.15, 0.2) is 0 Å². The fourth-order valence-corrected chi connectivity index (χ4v) is 2.18. The molecule has 0 bridgehead atoms. The molecule has 1 atom stereocenters. The number of carbonyl (C=O) groups excluding carboxylic acids is 1. The van der Waals surface area contributed by atoms with Gasteiger partial charge in [-0.2, -0.15) is 13.2 Å². The van der Waals surface area contributed by atoms with Gasteiger partial charge < -0.3 is 4.90 Å². The first-order valence-corrected chi connectivity index (χ1v) is 6.01. The van der Waals surface area contributed by atoms with Crippen LogP contribution < -0.4 is 4.90 Å². The second kappa shape index (κ2) is 5.61. The highest BCUT2D eigenvalue weighted by Gasteiger charge is 2.35. The summed E-state index contributed by atoms with van der Waals surface area (Å²) in [7, 11) is 0. The Hall–Kier alpha value is -2.28. The fraction of sp³-hybridized carbons (Fsp3) is 0.417. The number of amides is 1. The average Bonchev–Trinajstić information content (AvgIpc) is 2.76. The smallest absolute Gasteiger partial charge is 0.309 e. The molecule has 1 unspecified atom stereocenters. The third kappa shape index (κ3) is 3.25. The topological polar surface area (TPSA) is 69.1 Å². The van der Waals surface area contributed by atoms with Crippen molar-refractivity contribution in [1.29, 1.82) is 0 Å². The van der Waals surface area contributed by atoms with Crippen molar-refractivity contribution in [3.8, 4) is 0 Å². The Morgan fingerprint density at radius 3 is 2.76 bits per heavy atom. The van der Waals surface area contributed by atoms with E-state index < -0.39 is 29.2 Å². The predicted octanol–water partition coefficient (Wildman–Crippen LogP) is 3.51. The van der Waals surface area contributed by atoms with Crippen LogP contribution in [0.5, 0.6) is 0 Å². The molecule has 0 aliphatic carbocycles. The quantitative estimate of drug-likeness (QED) is 0.364. The molecular formula is C12H10F4N4O. The van der Waals surface area contributed by atoms with E-state index in [0.29, 0.717) is 18.2 Å². The normalized spacial score (nSPS) is 18.8. The van der Waals surface area contributed by atoms with Crippen molar-refractivity contribution in [3.63, 3.8) is 0 Å². The number of hydrogen-bond acceptors (Lipinski definition) is 2. The van der Waals surface area contributed by atoms with Gasteiger partial charge in [0.25, 0.3) is 0 Å². The first-order chi connectivity index (χ1) is 9.82. The number of benzene rings is 1. The molecule has 0 saturated carbocycles. The maximum absolute atomic E-state index is 13.7. The Kier molecular flexibility index (Phi) is 4.04. The largest absolute Gasteiger partial charge is 0.416 e. The molecule has 1 saturated heterocycles. The average molecular weight is 302 g/mol. The summed E-state index contributed by atoms with van der Waals surface area (Å²) in [6.45, 7) is 0.0649. The molecule has 1 aliphatic rings. The molecule has 0 aromatic heterocycles. The molecule has 5 nitrogen and oxygen atoms in total. The second-order valence-corrected chi connectivity index (χ2v) is 4.65. The Bertz CT molecular complexity index is 610. The van der Waals surface area contributed by atoms with E-state index in [0.717, 1.165) is 4.90 Å². The molecule has 9 heteroatoms. The minimum absolute atomic E-state index is 0.00864. The van der Waals surface area contributed by atoms with Gasteiger partial charge in [0.1, 0.15) is 5.82 Å². The molecule has 1 heterocycles. The molecule has 0 spiro atoms. The Morgan fingerprint density at radius 2 is 2.14 bits per heavy atom. The summed E-state index contributed by atoms with van der Waals surface area (Å²) in [4.78, 5) is 15.3. The maximum atomic E-state index is 13.7. The number of anilines is 1. The van der Waals surface area contributed by atoms with Crippen molar-refractivity contribution in [2.24, 2.45) is 11.0 Å². The first kappa shape index (κ1) is 15.1. The van der Waals surface area contributed by atoms with Crippen LogP contribution in [0, 0.1) is 11.7 Å². The summed E-state index contributed by atoms with van der Waals surface area (Å²) in [6, 6.07) is 1.92. The summed E-state index contributed by atoms with van der Waals surface area (Å²) >= 11 is 0. The fourth-order valence-electron chi connectivity index (χ4n) is 2.18. The highest BCUT2D eigenvalue weighted by molar-refractivity contribution is 5.96. The van der Waals surface area contributed by atoms with Crippen LogP contribution in [0.25, 0.3) is 10.4 Å². The number of nitrogens with zero attached hydrogens (tertiary/aromatic N) is 4. The highest BCUT2D eigenvalue weighted by Crippen LogP contribution is 2.35. The van der Waals surface area contributed by atoms with Crippen LogP contribution in [0.3, 0.4) is 0 Å². The van der Waals surface area contributed by atoms with Crippen LogP contribution in [0.15, 0.2) is 23.3 Å². The van der Waals surface area contributed by atoms with Crippen molar-refractivity contribution in [3.05, 3.63) is 40.0 Å². The number of azide groups is 1. The summed E-state index contributed by atoms with van der Waals surface area (Å²) < 4.78 is 51.7. The number of alkyl halides is 3. The van der Waals surface area contributed by atoms with Crippen molar-refractivity contribution in [1.82, 2.24) is 0 Å². The molecule has 0 radical (unpaired) electrons. The maximum Gasteiger partial charge on any atom is 0.416 e. The highest BCUT2D eigenvalue weighted by atomic mass is 19.4. The molecule has 1 amide bonds. The van der Waals surface area contributed by atoms with E-state index in [1.807, 2.05) is 0 Å². The third-order valence-electron chi connectivity index (χ3n) is 3.17. The van der Waals surface area contributed by atoms with Gasteiger partial charge in [-0.05, 0) is 29.6 Å². The lowest BCUT2D eigenvalue weighted by atomic mass is 10.1. The minimum Gasteiger partial charge on any atom is -0.309 e. The van der Waals surface area contributed by atoms with Gasteiger partial charge in [-0.3, -0.25) is 4.79 Å². The van der Waals surface area contributed by atoms with Gasteiger partial charge >= 0.3 is 6.18 Å². The lowest BCUT2D eigenvalue weighted by Crippen LogP contribution is -2.26. The van der Waals surface area contributed by atoms with Crippen LogP contribution in [0.2, 0.25) is 0 Å². The summed E-state index contributed by atoms with van der Waals surface area (Å²) in [5.41, 5.74) is 6.79. The molecule has 1 aliphatic heterocycles. The number of carbonyl (C=O) groups is 1. The zero-order valence-electron chi connectivity index (χ0n) is 10.6. The molecular weight excluding hydrogens is 292 g/mol. The van der Waals surface area contributed by atoms with Gasteiger partial charge in [0.2, 0.25) is 5.91 Å². The van der Waals surface area contributed by atoms with E-state index in [4.69, 9.17) is 5.53 Å². The van der Waals surface area contributed by atoms with Gasteiger partial charge in [-0.25, -0.2) is 4.39 Å². The van der Waals surface area contributed by atoms with Gasteiger partial charge in [0.05, 0.1) is 11.3 Å².